The highest BCUT2D eigenvalue weighted by molar-refractivity contribution is 7.15. The van der Waals surface area contributed by atoms with Crippen molar-refractivity contribution in [3.05, 3.63) is 28.5 Å². The molecule has 7 heteroatoms. The van der Waals surface area contributed by atoms with E-state index in [0.717, 1.165) is 4.96 Å². The van der Waals surface area contributed by atoms with Crippen LogP contribution in [0.4, 0.5) is 0 Å². The van der Waals surface area contributed by atoms with E-state index in [9.17, 15) is 9.90 Å². The first-order chi connectivity index (χ1) is 9.15. The zero-order valence-corrected chi connectivity index (χ0v) is 11.6. The third-order valence-corrected chi connectivity index (χ3v) is 4.15. The van der Waals surface area contributed by atoms with Crippen molar-refractivity contribution >= 4 is 39.9 Å². The van der Waals surface area contributed by atoms with Crippen LogP contribution in [0.1, 0.15) is 12.1 Å². The van der Waals surface area contributed by atoms with E-state index in [1.54, 1.807) is 11.0 Å². The number of hydrogen-bond acceptors (Lipinski definition) is 4. The Balaban J connectivity index is 1.80. The summed E-state index contributed by atoms with van der Waals surface area (Å²) in [6.45, 7) is 0.996. The van der Waals surface area contributed by atoms with Crippen LogP contribution < -0.4 is 0 Å². The molecule has 1 amide bonds. The molecular weight excluding hydrogens is 286 g/mol. The summed E-state index contributed by atoms with van der Waals surface area (Å²) in [5.41, 5.74) is 0.700. The largest absolute Gasteiger partial charge is 0.391 e. The van der Waals surface area contributed by atoms with E-state index in [0.29, 0.717) is 30.4 Å². The number of amides is 1. The molecule has 0 aromatic carbocycles. The number of thiazole rings is 1. The topological polar surface area (TPSA) is 57.8 Å². The van der Waals surface area contributed by atoms with Gasteiger partial charge < -0.3 is 10.0 Å². The molecule has 1 N–H and O–H groups in total. The molecule has 19 heavy (non-hydrogen) atoms. The standard InChI is InChI=1S/C12H12ClN3O2S/c13-11-9(16-5-6-19-12(16)14-11)1-2-10(18)15-4-3-8(17)7-15/h1-2,5-6,8,17H,3-4,7H2. The fourth-order valence-corrected chi connectivity index (χ4v) is 3.13. The Morgan fingerprint density at radius 3 is 3.21 bits per heavy atom. The van der Waals surface area contributed by atoms with Gasteiger partial charge in [-0.15, -0.1) is 11.3 Å². The van der Waals surface area contributed by atoms with Gasteiger partial charge in [-0.2, -0.15) is 0 Å². The number of rotatable bonds is 2. The molecule has 1 saturated heterocycles. The number of aliphatic hydroxyl groups excluding tert-OH is 1. The molecule has 3 heterocycles. The van der Waals surface area contributed by atoms with Gasteiger partial charge in [-0.25, -0.2) is 4.98 Å². The number of imidazole rings is 1. The molecule has 0 bridgehead atoms. The Kier molecular flexibility index (Phi) is 3.30. The van der Waals surface area contributed by atoms with Crippen molar-refractivity contribution in [2.24, 2.45) is 0 Å². The van der Waals surface area contributed by atoms with Gasteiger partial charge in [0.15, 0.2) is 10.1 Å². The first-order valence-electron chi connectivity index (χ1n) is 5.91. The van der Waals surface area contributed by atoms with Gasteiger partial charge in [0, 0.05) is 30.7 Å². The van der Waals surface area contributed by atoms with Crippen LogP contribution >= 0.6 is 22.9 Å². The molecule has 0 saturated carbocycles. The SMILES string of the molecule is O=C(C=Cc1c(Cl)nc2sccn12)N1CCC(O)C1. The summed E-state index contributed by atoms with van der Waals surface area (Å²) < 4.78 is 1.84. The predicted octanol–water partition coefficient (Wildman–Crippen LogP) is 1.66. The van der Waals surface area contributed by atoms with Crippen LogP contribution in [0.5, 0.6) is 0 Å². The number of fused-ring (bicyclic) bond motifs is 1. The molecule has 0 aliphatic carbocycles. The summed E-state index contributed by atoms with van der Waals surface area (Å²) in [6.07, 6.45) is 5.25. The Hall–Kier alpha value is -1.37. The smallest absolute Gasteiger partial charge is 0.246 e. The molecule has 1 aliphatic rings. The van der Waals surface area contributed by atoms with E-state index in [1.165, 1.54) is 17.4 Å². The summed E-state index contributed by atoms with van der Waals surface area (Å²) >= 11 is 7.52. The van der Waals surface area contributed by atoms with Crippen LogP contribution in [-0.4, -0.2) is 44.5 Å². The number of halogens is 1. The molecule has 2 aromatic rings. The van der Waals surface area contributed by atoms with Crippen LogP contribution in [0.25, 0.3) is 11.0 Å². The normalized spacial score (nSPS) is 19.9. The minimum Gasteiger partial charge on any atom is -0.391 e. The Morgan fingerprint density at radius 2 is 2.47 bits per heavy atom. The first-order valence-corrected chi connectivity index (χ1v) is 7.17. The fraction of sp³-hybridized carbons (Fsp3) is 0.333. The van der Waals surface area contributed by atoms with Gasteiger partial charge in [-0.1, -0.05) is 11.6 Å². The molecule has 0 radical (unpaired) electrons. The van der Waals surface area contributed by atoms with E-state index in [-0.39, 0.29) is 5.91 Å². The summed E-state index contributed by atoms with van der Waals surface area (Å²) in [7, 11) is 0. The molecule has 3 rings (SSSR count). The lowest BCUT2D eigenvalue weighted by molar-refractivity contribution is -0.125. The second-order valence-corrected chi connectivity index (χ2v) is 5.63. The highest BCUT2D eigenvalue weighted by Crippen LogP contribution is 2.22. The van der Waals surface area contributed by atoms with Crippen molar-refractivity contribution in [1.82, 2.24) is 14.3 Å². The van der Waals surface area contributed by atoms with Gasteiger partial charge in [0.25, 0.3) is 0 Å². The Bertz CT molecular complexity index is 648. The number of aromatic nitrogens is 2. The summed E-state index contributed by atoms with van der Waals surface area (Å²) in [5, 5.41) is 11.7. The second-order valence-electron chi connectivity index (χ2n) is 4.40. The average molecular weight is 298 g/mol. The molecule has 1 atom stereocenters. The fourth-order valence-electron chi connectivity index (χ4n) is 2.12. The van der Waals surface area contributed by atoms with Crippen molar-refractivity contribution in [3.8, 4) is 0 Å². The van der Waals surface area contributed by atoms with Crippen molar-refractivity contribution in [3.63, 3.8) is 0 Å². The quantitative estimate of drug-likeness (QED) is 0.858. The number of likely N-dealkylation sites (tertiary alicyclic amines) is 1. The molecular formula is C12H12ClN3O2S. The van der Waals surface area contributed by atoms with E-state index in [2.05, 4.69) is 4.98 Å². The van der Waals surface area contributed by atoms with E-state index in [1.807, 2.05) is 16.0 Å². The van der Waals surface area contributed by atoms with Gasteiger partial charge in [0.1, 0.15) is 0 Å². The zero-order valence-electron chi connectivity index (χ0n) is 9.99. The average Bonchev–Trinajstić information content (AvgIpc) is 3.03. The number of nitrogens with zero attached hydrogens (tertiary/aromatic N) is 3. The third-order valence-electron chi connectivity index (χ3n) is 3.11. The van der Waals surface area contributed by atoms with Crippen LogP contribution in [0.15, 0.2) is 17.7 Å². The minimum atomic E-state index is -0.403. The predicted molar refractivity (Wildman–Crippen MR) is 74.3 cm³/mol. The number of carbonyl (C=O) groups is 1. The molecule has 2 aromatic heterocycles. The lowest BCUT2D eigenvalue weighted by Gasteiger charge is -2.12. The molecule has 1 fully saturated rings. The lowest BCUT2D eigenvalue weighted by Crippen LogP contribution is -2.27. The number of aliphatic hydroxyl groups is 1. The van der Waals surface area contributed by atoms with Crippen LogP contribution in [0.2, 0.25) is 5.15 Å². The van der Waals surface area contributed by atoms with Crippen LogP contribution in [0.3, 0.4) is 0 Å². The number of carbonyl (C=O) groups excluding carboxylic acids is 1. The summed E-state index contributed by atoms with van der Waals surface area (Å²) in [5.74, 6) is -0.113. The van der Waals surface area contributed by atoms with Gasteiger partial charge in [0.05, 0.1) is 11.8 Å². The number of β-amino-alcohol motifs (C(OH)–C–C–N with tert-alkyl or cyclic N) is 1. The molecule has 1 aliphatic heterocycles. The minimum absolute atomic E-state index is 0.113. The maximum absolute atomic E-state index is 11.9. The van der Waals surface area contributed by atoms with Crippen molar-refractivity contribution in [2.45, 2.75) is 12.5 Å². The van der Waals surface area contributed by atoms with Gasteiger partial charge in [-0.05, 0) is 12.5 Å². The summed E-state index contributed by atoms with van der Waals surface area (Å²) in [6, 6.07) is 0. The highest BCUT2D eigenvalue weighted by Gasteiger charge is 2.23. The van der Waals surface area contributed by atoms with Crippen molar-refractivity contribution < 1.29 is 9.90 Å². The van der Waals surface area contributed by atoms with Crippen molar-refractivity contribution in [2.75, 3.05) is 13.1 Å². The maximum Gasteiger partial charge on any atom is 0.246 e. The molecule has 100 valence electrons. The first kappa shape index (κ1) is 12.7. The third kappa shape index (κ3) is 2.39. The zero-order chi connectivity index (χ0) is 13.4. The Morgan fingerprint density at radius 1 is 1.63 bits per heavy atom. The van der Waals surface area contributed by atoms with Crippen LogP contribution in [0, 0.1) is 0 Å². The van der Waals surface area contributed by atoms with E-state index in [4.69, 9.17) is 11.6 Å². The van der Waals surface area contributed by atoms with Gasteiger partial charge >= 0.3 is 0 Å². The second kappa shape index (κ2) is 4.96. The molecule has 1 unspecified atom stereocenters. The van der Waals surface area contributed by atoms with E-state index >= 15 is 0 Å². The Labute approximate surface area is 118 Å². The molecule has 0 spiro atoms. The van der Waals surface area contributed by atoms with Gasteiger partial charge in [-0.3, -0.25) is 9.20 Å². The summed E-state index contributed by atoms with van der Waals surface area (Å²) in [4.78, 5) is 18.5. The monoisotopic (exact) mass is 297 g/mol. The number of hydrogen-bond donors (Lipinski definition) is 1. The van der Waals surface area contributed by atoms with E-state index < -0.39 is 6.10 Å². The van der Waals surface area contributed by atoms with Gasteiger partial charge in [0.2, 0.25) is 5.91 Å². The van der Waals surface area contributed by atoms with Crippen molar-refractivity contribution in [1.29, 1.82) is 0 Å². The maximum atomic E-state index is 11.9. The molecule has 5 nitrogen and oxygen atoms in total. The highest BCUT2D eigenvalue weighted by atomic mass is 35.5. The van der Waals surface area contributed by atoms with Crippen LogP contribution in [-0.2, 0) is 4.79 Å². The lowest BCUT2D eigenvalue weighted by atomic mass is 10.3.